The molecule has 3 aromatic rings. The van der Waals surface area contributed by atoms with Crippen molar-refractivity contribution in [1.82, 2.24) is 4.98 Å². The summed E-state index contributed by atoms with van der Waals surface area (Å²) in [5.74, 6) is 0.156. The molecule has 1 heterocycles. The maximum Gasteiger partial charge on any atom is 0.180 e. The lowest BCUT2D eigenvalue weighted by Gasteiger charge is -2.16. The molecule has 25 heavy (non-hydrogen) atoms. The number of pyridine rings is 1. The Morgan fingerprint density at radius 2 is 1.72 bits per heavy atom. The van der Waals surface area contributed by atoms with Crippen molar-refractivity contribution in [3.8, 4) is 11.1 Å². The fourth-order valence-electron chi connectivity index (χ4n) is 3.19. The van der Waals surface area contributed by atoms with E-state index in [0.717, 1.165) is 34.0 Å². The van der Waals surface area contributed by atoms with Crippen LogP contribution in [0.3, 0.4) is 0 Å². The standard InChI is InChI=1S/C21H23NO2S/c1-4-5-13-25(23,24)21-16(3)22-19-12-11-15(2)14-18(19)20(21)17-9-7-6-8-10-17/h6-12,14H,4-5,13H2,1-3H3. The molecule has 0 saturated carbocycles. The number of sulfone groups is 1. The highest BCUT2D eigenvalue weighted by Gasteiger charge is 2.25. The molecule has 1 aromatic heterocycles. The third-order valence-corrected chi connectivity index (χ3v) is 6.35. The van der Waals surface area contributed by atoms with Crippen LogP contribution in [0.15, 0.2) is 53.4 Å². The van der Waals surface area contributed by atoms with Crippen molar-refractivity contribution in [3.05, 3.63) is 59.8 Å². The molecule has 0 bridgehead atoms. The van der Waals surface area contributed by atoms with Crippen LogP contribution in [0, 0.1) is 13.8 Å². The van der Waals surface area contributed by atoms with Gasteiger partial charge in [0.2, 0.25) is 0 Å². The van der Waals surface area contributed by atoms with Crippen molar-refractivity contribution in [2.75, 3.05) is 5.75 Å². The molecule has 0 fully saturated rings. The minimum atomic E-state index is -3.40. The molecule has 0 spiro atoms. The number of aromatic nitrogens is 1. The Balaban J connectivity index is 2.42. The summed E-state index contributed by atoms with van der Waals surface area (Å²) < 4.78 is 26.2. The average molecular weight is 353 g/mol. The van der Waals surface area contributed by atoms with Crippen molar-refractivity contribution in [2.45, 2.75) is 38.5 Å². The lowest BCUT2D eigenvalue weighted by Crippen LogP contribution is -2.12. The number of aryl methyl sites for hydroxylation is 2. The molecule has 0 N–H and O–H groups in total. The second-order valence-electron chi connectivity index (χ2n) is 6.46. The van der Waals surface area contributed by atoms with E-state index < -0.39 is 9.84 Å². The van der Waals surface area contributed by atoms with Gasteiger partial charge in [0.25, 0.3) is 0 Å². The summed E-state index contributed by atoms with van der Waals surface area (Å²) in [6.07, 6.45) is 1.50. The van der Waals surface area contributed by atoms with E-state index in [1.807, 2.05) is 62.4 Å². The molecule has 0 aliphatic heterocycles. The molecule has 3 rings (SSSR count). The Morgan fingerprint density at radius 1 is 1.00 bits per heavy atom. The summed E-state index contributed by atoms with van der Waals surface area (Å²) in [7, 11) is -3.40. The van der Waals surface area contributed by atoms with Crippen LogP contribution in [-0.2, 0) is 9.84 Å². The Kier molecular flexibility index (Phi) is 4.91. The van der Waals surface area contributed by atoms with Gasteiger partial charge >= 0.3 is 0 Å². The fraction of sp³-hybridized carbons (Fsp3) is 0.286. The van der Waals surface area contributed by atoms with Gasteiger partial charge in [0.1, 0.15) is 0 Å². The minimum absolute atomic E-state index is 0.156. The fourth-order valence-corrected chi connectivity index (χ4v) is 5.10. The van der Waals surface area contributed by atoms with Gasteiger partial charge in [0.15, 0.2) is 9.84 Å². The van der Waals surface area contributed by atoms with Crippen LogP contribution >= 0.6 is 0 Å². The van der Waals surface area contributed by atoms with E-state index in [0.29, 0.717) is 17.0 Å². The number of hydrogen-bond donors (Lipinski definition) is 0. The molecule has 0 amide bonds. The normalized spacial score (nSPS) is 11.8. The molecule has 0 aliphatic rings. The Hall–Kier alpha value is -2.20. The third-order valence-electron chi connectivity index (χ3n) is 4.41. The highest BCUT2D eigenvalue weighted by atomic mass is 32.2. The summed E-state index contributed by atoms with van der Waals surface area (Å²) in [5.41, 5.74) is 4.19. The maximum absolute atomic E-state index is 13.1. The first-order valence-electron chi connectivity index (χ1n) is 8.63. The zero-order chi connectivity index (χ0) is 18.0. The SMILES string of the molecule is CCCCS(=O)(=O)c1c(C)nc2ccc(C)cc2c1-c1ccccc1. The predicted molar refractivity (Wildman–Crippen MR) is 104 cm³/mol. The number of unbranched alkanes of at least 4 members (excludes halogenated alkanes) is 1. The van der Waals surface area contributed by atoms with Crippen LogP contribution in [0.2, 0.25) is 0 Å². The van der Waals surface area contributed by atoms with Gasteiger partial charge in [-0.15, -0.1) is 0 Å². The first kappa shape index (κ1) is 17.6. The summed E-state index contributed by atoms with van der Waals surface area (Å²) in [4.78, 5) is 4.98. The number of benzene rings is 2. The molecule has 0 unspecified atom stereocenters. The Bertz CT molecular complexity index is 1010. The first-order chi connectivity index (χ1) is 11.9. The molecule has 2 aromatic carbocycles. The van der Waals surface area contributed by atoms with Crippen LogP contribution in [0.5, 0.6) is 0 Å². The van der Waals surface area contributed by atoms with E-state index >= 15 is 0 Å². The van der Waals surface area contributed by atoms with Crippen molar-refractivity contribution in [1.29, 1.82) is 0 Å². The van der Waals surface area contributed by atoms with Crippen molar-refractivity contribution in [2.24, 2.45) is 0 Å². The summed E-state index contributed by atoms with van der Waals surface area (Å²) in [5, 5.41) is 0.895. The molecule has 0 radical (unpaired) electrons. The average Bonchev–Trinajstić information content (AvgIpc) is 2.60. The number of nitrogens with zero attached hydrogens (tertiary/aromatic N) is 1. The van der Waals surface area contributed by atoms with E-state index in [4.69, 9.17) is 0 Å². The molecule has 0 saturated heterocycles. The second-order valence-corrected chi connectivity index (χ2v) is 8.51. The largest absolute Gasteiger partial charge is 0.252 e. The molecule has 3 nitrogen and oxygen atoms in total. The Morgan fingerprint density at radius 3 is 2.40 bits per heavy atom. The predicted octanol–water partition coefficient (Wildman–Crippen LogP) is 5.09. The topological polar surface area (TPSA) is 47.0 Å². The Labute approximate surface area is 149 Å². The van der Waals surface area contributed by atoms with Gasteiger partial charge in [-0.1, -0.05) is 55.3 Å². The lowest BCUT2D eigenvalue weighted by molar-refractivity contribution is 0.592. The van der Waals surface area contributed by atoms with Gasteiger partial charge in [-0.3, -0.25) is 4.98 Å². The second kappa shape index (κ2) is 6.96. The molecular formula is C21H23NO2S. The summed E-state index contributed by atoms with van der Waals surface area (Å²) >= 11 is 0. The monoisotopic (exact) mass is 353 g/mol. The van der Waals surface area contributed by atoms with E-state index in [1.165, 1.54) is 0 Å². The maximum atomic E-state index is 13.1. The van der Waals surface area contributed by atoms with Crippen LogP contribution in [0.25, 0.3) is 22.0 Å². The van der Waals surface area contributed by atoms with Gasteiger partial charge in [0, 0.05) is 10.9 Å². The molecule has 0 aliphatic carbocycles. The zero-order valence-electron chi connectivity index (χ0n) is 14.9. The molecule has 130 valence electrons. The highest BCUT2D eigenvalue weighted by molar-refractivity contribution is 7.91. The smallest absolute Gasteiger partial charge is 0.180 e. The first-order valence-corrected chi connectivity index (χ1v) is 10.3. The lowest BCUT2D eigenvalue weighted by atomic mass is 9.99. The minimum Gasteiger partial charge on any atom is -0.252 e. The molecular weight excluding hydrogens is 330 g/mol. The van der Waals surface area contributed by atoms with Gasteiger partial charge in [-0.25, -0.2) is 8.42 Å². The molecule has 0 atom stereocenters. The summed E-state index contributed by atoms with van der Waals surface area (Å²) in [6.45, 7) is 5.81. The van der Waals surface area contributed by atoms with E-state index in [1.54, 1.807) is 6.92 Å². The summed E-state index contributed by atoms with van der Waals surface area (Å²) in [6, 6.07) is 15.8. The van der Waals surface area contributed by atoms with Crippen LogP contribution in [0.1, 0.15) is 31.0 Å². The van der Waals surface area contributed by atoms with E-state index in [2.05, 4.69) is 4.98 Å². The van der Waals surface area contributed by atoms with Gasteiger partial charge in [0.05, 0.1) is 21.9 Å². The van der Waals surface area contributed by atoms with E-state index in [-0.39, 0.29) is 5.75 Å². The quantitative estimate of drug-likeness (QED) is 0.641. The van der Waals surface area contributed by atoms with Crippen molar-refractivity contribution >= 4 is 20.7 Å². The third kappa shape index (κ3) is 3.45. The van der Waals surface area contributed by atoms with Crippen LogP contribution in [-0.4, -0.2) is 19.2 Å². The van der Waals surface area contributed by atoms with Crippen molar-refractivity contribution < 1.29 is 8.42 Å². The van der Waals surface area contributed by atoms with Crippen LogP contribution < -0.4 is 0 Å². The van der Waals surface area contributed by atoms with Gasteiger partial charge < -0.3 is 0 Å². The van der Waals surface area contributed by atoms with Gasteiger partial charge in [-0.2, -0.15) is 0 Å². The van der Waals surface area contributed by atoms with Crippen molar-refractivity contribution in [3.63, 3.8) is 0 Å². The van der Waals surface area contributed by atoms with E-state index in [9.17, 15) is 8.42 Å². The number of fused-ring (bicyclic) bond motifs is 1. The highest BCUT2D eigenvalue weighted by Crippen LogP contribution is 2.36. The zero-order valence-corrected chi connectivity index (χ0v) is 15.7. The number of hydrogen-bond acceptors (Lipinski definition) is 3. The number of rotatable bonds is 5. The van der Waals surface area contributed by atoms with Crippen LogP contribution in [0.4, 0.5) is 0 Å². The van der Waals surface area contributed by atoms with Gasteiger partial charge in [-0.05, 0) is 38.0 Å². The molecule has 4 heteroatoms.